The van der Waals surface area contributed by atoms with Crippen molar-refractivity contribution in [1.82, 2.24) is 0 Å². The van der Waals surface area contributed by atoms with Crippen molar-refractivity contribution >= 4 is 0 Å². The fourth-order valence-electron chi connectivity index (χ4n) is 2.39. The highest BCUT2D eigenvalue weighted by Crippen LogP contribution is 2.23. The van der Waals surface area contributed by atoms with Crippen LogP contribution in [0.1, 0.15) is 45.4 Å². The van der Waals surface area contributed by atoms with Gasteiger partial charge in [0.1, 0.15) is 5.75 Å². The molecule has 1 heteroatoms. The largest absolute Gasteiger partial charge is 0.494 e. The summed E-state index contributed by atoms with van der Waals surface area (Å²) in [4.78, 5) is 0. The van der Waals surface area contributed by atoms with Crippen LogP contribution in [0.4, 0.5) is 0 Å². The minimum atomic E-state index is 0.810. The summed E-state index contributed by atoms with van der Waals surface area (Å²) in [6, 6.07) is 19.6. The van der Waals surface area contributed by atoms with Gasteiger partial charge in [-0.05, 0) is 35.7 Å². The molecule has 2 rings (SSSR count). The third-order valence-electron chi connectivity index (χ3n) is 3.62. The van der Waals surface area contributed by atoms with Gasteiger partial charge in [0, 0.05) is 0 Å². The van der Waals surface area contributed by atoms with Crippen LogP contribution in [-0.4, -0.2) is 6.61 Å². The molecular weight excluding hydrogens is 256 g/mol. The lowest BCUT2D eigenvalue weighted by molar-refractivity contribution is 0.304. The topological polar surface area (TPSA) is 9.23 Å². The first kappa shape index (κ1) is 15.6. The van der Waals surface area contributed by atoms with Crippen molar-refractivity contribution in [2.24, 2.45) is 0 Å². The van der Waals surface area contributed by atoms with Gasteiger partial charge in [0.2, 0.25) is 0 Å². The first-order valence-corrected chi connectivity index (χ1v) is 8.10. The van der Waals surface area contributed by atoms with E-state index in [0.29, 0.717) is 0 Å². The lowest BCUT2D eigenvalue weighted by atomic mass is 10.1. The Balaban J connectivity index is 1.77. The zero-order valence-electron chi connectivity index (χ0n) is 13.0. The molecule has 111 valence electrons. The summed E-state index contributed by atoms with van der Waals surface area (Å²) in [5.74, 6) is 0.946. The molecule has 0 heterocycles. The number of rotatable bonds is 9. The molecule has 21 heavy (non-hydrogen) atoms. The molecule has 0 saturated heterocycles. The lowest BCUT2D eigenvalue weighted by Gasteiger charge is -2.08. The Morgan fingerprint density at radius 3 is 2.48 bits per heavy atom. The van der Waals surface area contributed by atoms with Gasteiger partial charge in [0.25, 0.3) is 0 Å². The van der Waals surface area contributed by atoms with Gasteiger partial charge in [-0.2, -0.15) is 0 Å². The van der Waals surface area contributed by atoms with Crippen LogP contribution in [0, 0.1) is 6.07 Å². The van der Waals surface area contributed by atoms with Crippen LogP contribution in [-0.2, 0) is 0 Å². The fourth-order valence-corrected chi connectivity index (χ4v) is 2.39. The SMILES string of the molecule is CCCCCCCCOc1cc[c]c(-c2ccccc2)c1. The van der Waals surface area contributed by atoms with E-state index in [2.05, 4.69) is 31.2 Å². The molecule has 0 bridgehead atoms. The van der Waals surface area contributed by atoms with Gasteiger partial charge in [0.15, 0.2) is 0 Å². The van der Waals surface area contributed by atoms with E-state index in [1.165, 1.54) is 37.7 Å². The van der Waals surface area contributed by atoms with Crippen LogP contribution < -0.4 is 4.74 Å². The second-order valence-corrected chi connectivity index (χ2v) is 5.42. The minimum absolute atomic E-state index is 0.810. The minimum Gasteiger partial charge on any atom is -0.494 e. The molecule has 0 N–H and O–H groups in total. The fraction of sp³-hybridized carbons (Fsp3) is 0.400. The standard InChI is InChI=1S/C20H25O/c1-2-3-4-5-6-10-16-21-20-15-11-14-19(17-20)18-12-8-7-9-13-18/h7-9,11-13,15,17H,2-6,10,16H2,1H3. The van der Waals surface area contributed by atoms with Gasteiger partial charge < -0.3 is 4.74 Å². The summed E-state index contributed by atoms with van der Waals surface area (Å²) < 4.78 is 5.85. The summed E-state index contributed by atoms with van der Waals surface area (Å²) in [5, 5.41) is 0. The molecule has 0 amide bonds. The molecule has 1 radical (unpaired) electrons. The molecule has 0 aliphatic rings. The molecule has 1 nitrogen and oxygen atoms in total. The van der Waals surface area contributed by atoms with E-state index >= 15 is 0 Å². The van der Waals surface area contributed by atoms with Crippen LogP contribution in [0.5, 0.6) is 5.75 Å². The zero-order valence-corrected chi connectivity index (χ0v) is 13.0. The summed E-state index contributed by atoms with van der Waals surface area (Å²) >= 11 is 0. The van der Waals surface area contributed by atoms with Gasteiger partial charge in [-0.25, -0.2) is 0 Å². The quantitative estimate of drug-likeness (QED) is 0.520. The molecule has 0 spiro atoms. The van der Waals surface area contributed by atoms with Crippen molar-refractivity contribution in [3.8, 4) is 16.9 Å². The van der Waals surface area contributed by atoms with E-state index in [1.54, 1.807) is 0 Å². The monoisotopic (exact) mass is 281 g/mol. The van der Waals surface area contributed by atoms with Crippen LogP contribution in [0.15, 0.2) is 48.5 Å². The molecule has 2 aromatic rings. The third-order valence-corrected chi connectivity index (χ3v) is 3.62. The molecule has 0 aliphatic carbocycles. The maximum atomic E-state index is 5.85. The molecule has 0 saturated carbocycles. The summed E-state index contributed by atoms with van der Waals surface area (Å²) in [6.07, 6.45) is 7.76. The highest BCUT2D eigenvalue weighted by Gasteiger charge is 2.00. The Morgan fingerprint density at radius 2 is 1.67 bits per heavy atom. The first-order chi connectivity index (χ1) is 10.4. The van der Waals surface area contributed by atoms with Crippen LogP contribution >= 0.6 is 0 Å². The van der Waals surface area contributed by atoms with Gasteiger partial charge in [-0.3, -0.25) is 0 Å². The molecule has 0 atom stereocenters. The number of hydrogen-bond donors (Lipinski definition) is 0. The van der Waals surface area contributed by atoms with E-state index in [0.717, 1.165) is 24.3 Å². The van der Waals surface area contributed by atoms with Crippen LogP contribution in [0.2, 0.25) is 0 Å². The van der Waals surface area contributed by atoms with Crippen LogP contribution in [0.3, 0.4) is 0 Å². The van der Waals surface area contributed by atoms with Crippen molar-refractivity contribution in [1.29, 1.82) is 0 Å². The maximum Gasteiger partial charge on any atom is 0.119 e. The summed E-state index contributed by atoms with van der Waals surface area (Å²) in [5.41, 5.74) is 2.28. The van der Waals surface area contributed by atoms with E-state index in [1.807, 2.05) is 30.3 Å². The van der Waals surface area contributed by atoms with Crippen molar-refractivity contribution in [2.45, 2.75) is 45.4 Å². The Morgan fingerprint density at radius 1 is 0.905 bits per heavy atom. The van der Waals surface area contributed by atoms with E-state index in [4.69, 9.17) is 4.74 Å². The molecule has 0 aliphatic heterocycles. The Hall–Kier alpha value is -1.76. The Bertz CT molecular complexity index is 504. The zero-order chi connectivity index (χ0) is 14.8. The van der Waals surface area contributed by atoms with Crippen molar-refractivity contribution in [3.63, 3.8) is 0 Å². The van der Waals surface area contributed by atoms with Gasteiger partial charge >= 0.3 is 0 Å². The molecular formula is C20H25O. The predicted octanol–water partition coefficient (Wildman–Crippen LogP) is 5.89. The normalized spacial score (nSPS) is 10.5. The number of ether oxygens (including phenoxy) is 1. The average Bonchev–Trinajstić information content (AvgIpc) is 2.55. The Labute approximate surface area is 129 Å². The Kier molecular flexibility index (Phi) is 6.87. The average molecular weight is 281 g/mol. The number of unbranched alkanes of at least 4 members (excludes halogenated alkanes) is 5. The van der Waals surface area contributed by atoms with Gasteiger partial charge in [-0.1, -0.05) is 75.4 Å². The summed E-state index contributed by atoms with van der Waals surface area (Å²) in [7, 11) is 0. The van der Waals surface area contributed by atoms with Gasteiger partial charge in [0.05, 0.1) is 6.61 Å². The number of benzene rings is 2. The molecule has 0 fully saturated rings. The van der Waals surface area contributed by atoms with E-state index in [-0.39, 0.29) is 0 Å². The molecule has 2 aromatic carbocycles. The maximum absolute atomic E-state index is 5.85. The van der Waals surface area contributed by atoms with Crippen LogP contribution in [0.25, 0.3) is 11.1 Å². The summed E-state index contributed by atoms with van der Waals surface area (Å²) in [6.45, 7) is 3.06. The predicted molar refractivity (Wildman–Crippen MR) is 89.6 cm³/mol. The second-order valence-electron chi connectivity index (χ2n) is 5.42. The third kappa shape index (κ3) is 5.63. The lowest BCUT2D eigenvalue weighted by Crippen LogP contribution is -1.97. The highest BCUT2D eigenvalue weighted by atomic mass is 16.5. The van der Waals surface area contributed by atoms with Gasteiger partial charge in [-0.15, -0.1) is 0 Å². The highest BCUT2D eigenvalue weighted by molar-refractivity contribution is 5.64. The second kappa shape index (κ2) is 9.23. The smallest absolute Gasteiger partial charge is 0.119 e. The first-order valence-electron chi connectivity index (χ1n) is 8.10. The molecule has 0 aromatic heterocycles. The van der Waals surface area contributed by atoms with E-state index < -0.39 is 0 Å². The van der Waals surface area contributed by atoms with Crippen molar-refractivity contribution < 1.29 is 4.74 Å². The van der Waals surface area contributed by atoms with E-state index in [9.17, 15) is 0 Å². The number of hydrogen-bond acceptors (Lipinski definition) is 1. The molecule has 0 unspecified atom stereocenters. The van der Waals surface area contributed by atoms with Crippen molar-refractivity contribution in [2.75, 3.05) is 6.61 Å². The van der Waals surface area contributed by atoms with Crippen molar-refractivity contribution in [3.05, 3.63) is 54.6 Å².